The second-order valence-corrected chi connectivity index (χ2v) is 5.91. The summed E-state index contributed by atoms with van der Waals surface area (Å²) in [5.74, 6) is 1.50. The van der Waals surface area contributed by atoms with Gasteiger partial charge < -0.3 is 10.1 Å². The molecule has 0 aliphatic rings. The summed E-state index contributed by atoms with van der Waals surface area (Å²) in [6.07, 6.45) is 3.00. The number of ether oxygens (including phenoxy) is 1. The van der Waals surface area contributed by atoms with Crippen molar-refractivity contribution >= 4 is 16.5 Å². The maximum Gasteiger partial charge on any atom is 0.182 e. The number of anilines is 1. The third-order valence-electron chi connectivity index (χ3n) is 3.31. The molecular formula is C16H22N2OS. The number of nitrogens with zero attached hydrogens (tertiary/aromatic N) is 1. The van der Waals surface area contributed by atoms with Crippen molar-refractivity contribution in [3.63, 3.8) is 0 Å². The molecule has 1 N–H and O–H groups in total. The minimum absolute atomic E-state index is 0.518. The second kappa shape index (κ2) is 7.29. The van der Waals surface area contributed by atoms with Crippen LogP contribution in [0.25, 0.3) is 0 Å². The number of hydrogen-bond donors (Lipinski definition) is 1. The predicted molar refractivity (Wildman–Crippen MR) is 85.8 cm³/mol. The maximum atomic E-state index is 5.98. The SMILES string of the molecule is CCNc1ncc(COc2ccccc2C(C)CC)s1. The molecule has 4 heteroatoms. The lowest BCUT2D eigenvalue weighted by atomic mass is 9.98. The maximum absolute atomic E-state index is 5.98. The van der Waals surface area contributed by atoms with E-state index in [4.69, 9.17) is 4.74 Å². The molecule has 1 aromatic carbocycles. The van der Waals surface area contributed by atoms with Crippen molar-refractivity contribution in [2.45, 2.75) is 39.7 Å². The molecule has 0 bridgehead atoms. The van der Waals surface area contributed by atoms with E-state index < -0.39 is 0 Å². The lowest BCUT2D eigenvalue weighted by molar-refractivity contribution is 0.304. The first-order chi connectivity index (χ1) is 9.74. The normalized spacial score (nSPS) is 12.2. The van der Waals surface area contributed by atoms with Gasteiger partial charge in [-0.2, -0.15) is 0 Å². The molecular weight excluding hydrogens is 268 g/mol. The topological polar surface area (TPSA) is 34.2 Å². The van der Waals surface area contributed by atoms with Crippen molar-refractivity contribution in [3.8, 4) is 5.75 Å². The van der Waals surface area contributed by atoms with Crippen LogP contribution in [0.5, 0.6) is 5.75 Å². The van der Waals surface area contributed by atoms with Crippen molar-refractivity contribution < 1.29 is 4.74 Å². The van der Waals surface area contributed by atoms with Crippen LogP contribution in [0.2, 0.25) is 0 Å². The highest BCUT2D eigenvalue weighted by atomic mass is 32.1. The summed E-state index contributed by atoms with van der Waals surface area (Å²) < 4.78 is 5.98. The Kier molecular flexibility index (Phi) is 5.41. The van der Waals surface area contributed by atoms with Gasteiger partial charge in [-0.3, -0.25) is 0 Å². The van der Waals surface area contributed by atoms with Crippen molar-refractivity contribution in [1.82, 2.24) is 4.98 Å². The summed E-state index contributed by atoms with van der Waals surface area (Å²) in [5.41, 5.74) is 1.28. The van der Waals surface area contributed by atoms with Crippen molar-refractivity contribution in [1.29, 1.82) is 0 Å². The zero-order valence-electron chi connectivity index (χ0n) is 12.3. The number of benzene rings is 1. The van der Waals surface area contributed by atoms with Gasteiger partial charge >= 0.3 is 0 Å². The molecule has 3 nitrogen and oxygen atoms in total. The minimum Gasteiger partial charge on any atom is -0.488 e. The molecule has 1 heterocycles. The van der Waals surface area contributed by atoms with E-state index in [-0.39, 0.29) is 0 Å². The molecule has 0 saturated carbocycles. The molecule has 0 aliphatic heterocycles. The lowest BCUT2D eigenvalue weighted by Crippen LogP contribution is -1.99. The molecule has 0 spiro atoms. The molecule has 1 atom stereocenters. The van der Waals surface area contributed by atoms with Crippen LogP contribution < -0.4 is 10.1 Å². The molecule has 108 valence electrons. The van der Waals surface area contributed by atoms with Crippen molar-refractivity contribution in [2.75, 3.05) is 11.9 Å². The minimum atomic E-state index is 0.518. The Labute approximate surface area is 125 Å². The molecule has 1 aromatic heterocycles. The number of aromatic nitrogens is 1. The summed E-state index contributed by atoms with van der Waals surface area (Å²) in [6, 6.07) is 8.30. The first kappa shape index (κ1) is 14.9. The van der Waals surface area contributed by atoms with Crippen LogP contribution in [-0.2, 0) is 6.61 Å². The molecule has 0 aliphatic carbocycles. The van der Waals surface area contributed by atoms with Gasteiger partial charge in [-0.1, -0.05) is 43.4 Å². The quantitative estimate of drug-likeness (QED) is 0.804. The first-order valence-electron chi connectivity index (χ1n) is 7.14. The number of para-hydroxylation sites is 1. The van der Waals surface area contributed by atoms with E-state index in [0.29, 0.717) is 12.5 Å². The van der Waals surface area contributed by atoms with E-state index in [1.807, 2.05) is 18.3 Å². The van der Waals surface area contributed by atoms with Gasteiger partial charge in [0, 0.05) is 12.7 Å². The summed E-state index contributed by atoms with van der Waals surface area (Å²) in [4.78, 5) is 5.46. The van der Waals surface area contributed by atoms with Crippen LogP contribution in [0.3, 0.4) is 0 Å². The largest absolute Gasteiger partial charge is 0.488 e. The molecule has 2 aromatic rings. The number of nitrogens with one attached hydrogen (secondary N) is 1. The summed E-state index contributed by atoms with van der Waals surface area (Å²) in [6.45, 7) is 7.98. The Hall–Kier alpha value is -1.55. The van der Waals surface area contributed by atoms with E-state index in [9.17, 15) is 0 Å². The highest BCUT2D eigenvalue weighted by molar-refractivity contribution is 7.15. The standard InChI is InChI=1S/C16H22N2OS/c1-4-12(3)14-8-6-7-9-15(14)19-11-13-10-18-16(20-13)17-5-2/h6-10,12H,4-5,11H2,1-3H3,(H,17,18). The summed E-state index contributed by atoms with van der Waals surface area (Å²) in [7, 11) is 0. The Morgan fingerprint density at radius 2 is 2.10 bits per heavy atom. The van der Waals surface area contributed by atoms with Gasteiger partial charge in [-0.15, -0.1) is 0 Å². The van der Waals surface area contributed by atoms with E-state index >= 15 is 0 Å². The molecule has 0 fully saturated rings. The van der Waals surface area contributed by atoms with Gasteiger partial charge in [0.2, 0.25) is 0 Å². The van der Waals surface area contributed by atoms with E-state index in [0.717, 1.165) is 28.7 Å². The fourth-order valence-electron chi connectivity index (χ4n) is 2.00. The first-order valence-corrected chi connectivity index (χ1v) is 7.96. The summed E-state index contributed by atoms with van der Waals surface area (Å²) >= 11 is 1.65. The monoisotopic (exact) mass is 290 g/mol. The van der Waals surface area contributed by atoms with Crippen LogP contribution in [-0.4, -0.2) is 11.5 Å². The predicted octanol–water partition coefficient (Wildman–Crippen LogP) is 4.67. The van der Waals surface area contributed by atoms with E-state index in [2.05, 4.69) is 43.2 Å². The van der Waals surface area contributed by atoms with Crippen LogP contribution in [0, 0.1) is 0 Å². The van der Waals surface area contributed by atoms with E-state index in [1.54, 1.807) is 11.3 Å². The number of hydrogen-bond acceptors (Lipinski definition) is 4. The van der Waals surface area contributed by atoms with Gasteiger partial charge in [0.15, 0.2) is 5.13 Å². The van der Waals surface area contributed by atoms with Gasteiger partial charge in [0.05, 0.1) is 4.88 Å². The van der Waals surface area contributed by atoms with Crippen molar-refractivity contribution in [2.24, 2.45) is 0 Å². The Bertz CT molecular complexity index is 539. The fraction of sp³-hybridized carbons (Fsp3) is 0.438. The third kappa shape index (κ3) is 3.73. The molecule has 2 rings (SSSR count). The van der Waals surface area contributed by atoms with Crippen LogP contribution in [0.1, 0.15) is 43.6 Å². The van der Waals surface area contributed by atoms with Gasteiger partial charge in [0.1, 0.15) is 12.4 Å². The van der Waals surface area contributed by atoms with Gasteiger partial charge in [0.25, 0.3) is 0 Å². The van der Waals surface area contributed by atoms with Gasteiger partial charge in [-0.25, -0.2) is 4.98 Å². The van der Waals surface area contributed by atoms with Crippen LogP contribution in [0.4, 0.5) is 5.13 Å². The van der Waals surface area contributed by atoms with E-state index in [1.165, 1.54) is 5.56 Å². The average molecular weight is 290 g/mol. The van der Waals surface area contributed by atoms with Crippen molar-refractivity contribution in [3.05, 3.63) is 40.9 Å². The smallest absolute Gasteiger partial charge is 0.182 e. The highest BCUT2D eigenvalue weighted by Gasteiger charge is 2.10. The molecule has 0 amide bonds. The molecule has 20 heavy (non-hydrogen) atoms. The molecule has 0 saturated heterocycles. The summed E-state index contributed by atoms with van der Waals surface area (Å²) in [5, 5.41) is 4.18. The zero-order valence-corrected chi connectivity index (χ0v) is 13.2. The van der Waals surface area contributed by atoms with Crippen LogP contribution >= 0.6 is 11.3 Å². The molecule has 0 radical (unpaired) electrons. The third-order valence-corrected chi connectivity index (χ3v) is 4.24. The van der Waals surface area contributed by atoms with Crippen LogP contribution in [0.15, 0.2) is 30.5 Å². The fourth-order valence-corrected chi connectivity index (χ4v) is 2.79. The number of rotatable bonds is 7. The zero-order chi connectivity index (χ0) is 14.4. The lowest BCUT2D eigenvalue weighted by Gasteiger charge is -2.15. The second-order valence-electron chi connectivity index (χ2n) is 4.80. The Morgan fingerprint density at radius 1 is 1.30 bits per heavy atom. The Morgan fingerprint density at radius 3 is 2.85 bits per heavy atom. The molecule has 1 unspecified atom stereocenters. The Balaban J connectivity index is 2.02. The number of thiazole rings is 1. The highest BCUT2D eigenvalue weighted by Crippen LogP contribution is 2.29. The van der Waals surface area contributed by atoms with Gasteiger partial charge in [-0.05, 0) is 30.9 Å². The average Bonchev–Trinajstić information content (AvgIpc) is 2.93.